The molecule has 0 unspecified atom stereocenters. The Morgan fingerprint density at radius 1 is 1.39 bits per heavy atom. The maximum Gasteiger partial charge on any atom is 0.336 e. The molecule has 0 aliphatic heterocycles. The zero-order valence-corrected chi connectivity index (χ0v) is 9.59. The Hall–Kier alpha value is -2.54. The molecule has 0 aliphatic rings. The minimum absolute atomic E-state index is 0.0209. The molecule has 0 spiro atoms. The molecular weight excluding hydrogens is 230 g/mol. The molecule has 1 aromatic heterocycles. The molecule has 1 heterocycles. The number of terminal acetylenes is 1. The molecule has 4 nitrogen and oxygen atoms in total. The van der Waals surface area contributed by atoms with Crippen LogP contribution in [0.25, 0.3) is 10.9 Å². The van der Waals surface area contributed by atoms with Crippen molar-refractivity contribution in [3.8, 4) is 12.3 Å². The van der Waals surface area contributed by atoms with Crippen molar-refractivity contribution in [3.05, 3.63) is 46.2 Å². The number of aromatic carboxylic acids is 1. The SMILES string of the molecule is C#CCCn1c(=O)cc(C(=O)O)c2ccccc21. The predicted octanol–water partition coefficient (Wildman–Crippen LogP) is 1.72. The molecule has 4 heteroatoms. The smallest absolute Gasteiger partial charge is 0.336 e. The maximum absolute atomic E-state index is 11.9. The summed E-state index contributed by atoms with van der Waals surface area (Å²) in [5.41, 5.74) is 0.270. The number of nitrogens with zero attached hydrogens (tertiary/aromatic N) is 1. The summed E-state index contributed by atoms with van der Waals surface area (Å²) >= 11 is 0. The molecule has 0 bridgehead atoms. The van der Waals surface area contributed by atoms with Crippen LogP contribution in [0.2, 0.25) is 0 Å². The lowest BCUT2D eigenvalue weighted by molar-refractivity contribution is 0.0698. The molecule has 2 rings (SSSR count). The quantitative estimate of drug-likeness (QED) is 0.832. The highest BCUT2D eigenvalue weighted by molar-refractivity contribution is 6.02. The fraction of sp³-hybridized carbons (Fsp3) is 0.143. The molecule has 0 radical (unpaired) electrons. The van der Waals surface area contributed by atoms with Gasteiger partial charge in [0, 0.05) is 24.4 Å². The summed E-state index contributed by atoms with van der Waals surface area (Å²) in [5, 5.41) is 9.64. The van der Waals surface area contributed by atoms with Crippen LogP contribution in [0.15, 0.2) is 35.1 Å². The number of aromatic nitrogens is 1. The molecule has 0 atom stereocenters. The second kappa shape index (κ2) is 4.76. The number of aryl methyl sites for hydroxylation is 1. The van der Waals surface area contributed by atoms with E-state index in [4.69, 9.17) is 11.5 Å². The van der Waals surface area contributed by atoms with Crippen LogP contribution in [0.1, 0.15) is 16.8 Å². The Kier molecular flexibility index (Phi) is 3.16. The number of hydrogen-bond acceptors (Lipinski definition) is 2. The van der Waals surface area contributed by atoms with Gasteiger partial charge >= 0.3 is 5.97 Å². The van der Waals surface area contributed by atoms with Gasteiger partial charge < -0.3 is 9.67 Å². The van der Waals surface area contributed by atoms with Crippen LogP contribution in [0, 0.1) is 12.3 Å². The molecule has 0 fully saturated rings. The molecular formula is C14H11NO3. The second-order valence-corrected chi connectivity index (χ2v) is 3.82. The van der Waals surface area contributed by atoms with E-state index < -0.39 is 5.97 Å². The van der Waals surface area contributed by atoms with Crippen LogP contribution in [0.3, 0.4) is 0 Å². The number of fused-ring (bicyclic) bond motifs is 1. The van der Waals surface area contributed by atoms with Crippen molar-refractivity contribution >= 4 is 16.9 Å². The number of para-hydroxylation sites is 1. The van der Waals surface area contributed by atoms with Gasteiger partial charge in [-0.05, 0) is 6.07 Å². The highest BCUT2D eigenvalue weighted by Crippen LogP contribution is 2.17. The van der Waals surface area contributed by atoms with Gasteiger partial charge in [-0.1, -0.05) is 18.2 Å². The Bertz CT molecular complexity index is 707. The number of carbonyl (C=O) groups is 1. The Balaban J connectivity index is 2.78. The monoisotopic (exact) mass is 241 g/mol. The summed E-state index contributed by atoms with van der Waals surface area (Å²) in [4.78, 5) is 23.0. The summed E-state index contributed by atoms with van der Waals surface area (Å²) in [7, 11) is 0. The van der Waals surface area contributed by atoms with Crippen LogP contribution in [0.5, 0.6) is 0 Å². The van der Waals surface area contributed by atoms with Crippen molar-refractivity contribution in [1.82, 2.24) is 4.57 Å². The van der Waals surface area contributed by atoms with Gasteiger partial charge in [-0.25, -0.2) is 4.79 Å². The predicted molar refractivity (Wildman–Crippen MR) is 68.6 cm³/mol. The lowest BCUT2D eigenvalue weighted by atomic mass is 10.1. The first-order valence-electron chi connectivity index (χ1n) is 5.44. The first-order valence-corrected chi connectivity index (χ1v) is 5.44. The van der Waals surface area contributed by atoms with E-state index in [1.54, 1.807) is 24.3 Å². The topological polar surface area (TPSA) is 59.3 Å². The van der Waals surface area contributed by atoms with E-state index in [2.05, 4.69) is 5.92 Å². The average Bonchev–Trinajstić information content (AvgIpc) is 2.36. The highest BCUT2D eigenvalue weighted by atomic mass is 16.4. The molecule has 0 aliphatic carbocycles. The van der Waals surface area contributed by atoms with E-state index in [1.807, 2.05) is 0 Å². The molecule has 0 saturated carbocycles. The van der Waals surface area contributed by atoms with E-state index >= 15 is 0 Å². The fourth-order valence-corrected chi connectivity index (χ4v) is 1.92. The second-order valence-electron chi connectivity index (χ2n) is 3.82. The van der Waals surface area contributed by atoms with E-state index in [1.165, 1.54) is 4.57 Å². The molecule has 18 heavy (non-hydrogen) atoms. The molecule has 0 saturated heterocycles. The standard InChI is InChI=1S/C14H11NO3/c1-2-3-8-15-12-7-5-4-6-10(12)11(14(17)18)9-13(15)16/h1,4-7,9H,3,8H2,(H,17,18). The summed E-state index contributed by atoms with van der Waals surface area (Å²) in [6.07, 6.45) is 5.62. The maximum atomic E-state index is 11.9. The van der Waals surface area contributed by atoms with E-state index in [-0.39, 0.29) is 11.1 Å². The van der Waals surface area contributed by atoms with Crippen molar-refractivity contribution in [1.29, 1.82) is 0 Å². The van der Waals surface area contributed by atoms with E-state index in [9.17, 15) is 9.59 Å². The summed E-state index contributed by atoms with van der Waals surface area (Å²) in [5.74, 6) is 1.37. The van der Waals surface area contributed by atoms with Gasteiger partial charge in [-0.15, -0.1) is 12.3 Å². The van der Waals surface area contributed by atoms with Crippen LogP contribution in [0.4, 0.5) is 0 Å². The lowest BCUT2D eigenvalue weighted by Gasteiger charge is -2.10. The number of carboxylic acid groups (broad SMARTS) is 1. The minimum Gasteiger partial charge on any atom is -0.478 e. The van der Waals surface area contributed by atoms with Gasteiger partial charge in [0.2, 0.25) is 0 Å². The van der Waals surface area contributed by atoms with E-state index in [0.717, 1.165) is 6.07 Å². The molecule has 1 N–H and O–H groups in total. The summed E-state index contributed by atoms with van der Waals surface area (Å²) in [6, 6.07) is 8.05. The summed E-state index contributed by atoms with van der Waals surface area (Å²) < 4.78 is 1.50. The van der Waals surface area contributed by atoms with Crippen molar-refractivity contribution < 1.29 is 9.90 Å². The molecule has 2 aromatic rings. The number of pyridine rings is 1. The van der Waals surface area contributed by atoms with Crippen LogP contribution >= 0.6 is 0 Å². The van der Waals surface area contributed by atoms with E-state index in [0.29, 0.717) is 23.9 Å². The van der Waals surface area contributed by atoms with Crippen LogP contribution in [-0.2, 0) is 6.54 Å². The van der Waals surface area contributed by atoms with Gasteiger partial charge in [-0.3, -0.25) is 4.79 Å². The third-order valence-corrected chi connectivity index (χ3v) is 2.73. The lowest BCUT2D eigenvalue weighted by Crippen LogP contribution is -2.22. The number of rotatable bonds is 3. The van der Waals surface area contributed by atoms with Crippen molar-refractivity contribution in [3.63, 3.8) is 0 Å². The first-order chi connectivity index (χ1) is 8.65. The number of benzene rings is 1. The van der Waals surface area contributed by atoms with Gasteiger partial charge in [0.1, 0.15) is 0 Å². The van der Waals surface area contributed by atoms with Gasteiger partial charge in [0.05, 0.1) is 11.1 Å². The number of carboxylic acids is 1. The van der Waals surface area contributed by atoms with Gasteiger partial charge in [-0.2, -0.15) is 0 Å². The molecule has 1 aromatic carbocycles. The highest BCUT2D eigenvalue weighted by Gasteiger charge is 2.12. The normalized spacial score (nSPS) is 10.2. The minimum atomic E-state index is -1.10. The first kappa shape index (κ1) is 11.9. The third kappa shape index (κ3) is 1.98. The zero-order chi connectivity index (χ0) is 13.1. The fourth-order valence-electron chi connectivity index (χ4n) is 1.92. The Labute approximate surface area is 103 Å². The molecule has 90 valence electrons. The van der Waals surface area contributed by atoms with Crippen molar-refractivity contribution in [2.24, 2.45) is 0 Å². The van der Waals surface area contributed by atoms with Crippen molar-refractivity contribution in [2.45, 2.75) is 13.0 Å². The average molecular weight is 241 g/mol. The largest absolute Gasteiger partial charge is 0.478 e. The van der Waals surface area contributed by atoms with Crippen molar-refractivity contribution in [2.75, 3.05) is 0 Å². The third-order valence-electron chi connectivity index (χ3n) is 2.73. The zero-order valence-electron chi connectivity index (χ0n) is 9.59. The number of hydrogen-bond donors (Lipinski definition) is 1. The van der Waals surface area contributed by atoms with Gasteiger partial charge in [0.25, 0.3) is 5.56 Å². The summed E-state index contributed by atoms with van der Waals surface area (Å²) in [6.45, 7) is 0.385. The Morgan fingerprint density at radius 2 is 2.11 bits per heavy atom. The van der Waals surface area contributed by atoms with Crippen LogP contribution in [-0.4, -0.2) is 15.6 Å². The Morgan fingerprint density at radius 3 is 2.78 bits per heavy atom. The van der Waals surface area contributed by atoms with Crippen LogP contribution < -0.4 is 5.56 Å². The van der Waals surface area contributed by atoms with Gasteiger partial charge in [0.15, 0.2) is 0 Å². The molecule has 0 amide bonds.